The van der Waals surface area contributed by atoms with Gasteiger partial charge in [-0.25, -0.2) is 0 Å². The van der Waals surface area contributed by atoms with Gasteiger partial charge in [0, 0.05) is 32.3 Å². The van der Waals surface area contributed by atoms with Crippen molar-refractivity contribution < 1.29 is 14.3 Å². The van der Waals surface area contributed by atoms with E-state index in [4.69, 9.17) is 10.5 Å². The zero-order valence-electron chi connectivity index (χ0n) is 14.0. The molecule has 0 aliphatic carbocycles. The van der Waals surface area contributed by atoms with E-state index in [9.17, 15) is 9.59 Å². The Morgan fingerprint density at radius 1 is 1.17 bits per heavy atom. The maximum atomic E-state index is 11.9. The number of unbranched alkanes of at least 4 members (excludes halogenated alkanes) is 3. The number of carbonyl (C=O) groups excluding carboxylic acids is 2. The van der Waals surface area contributed by atoms with E-state index in [1.54, 1.807) is 38.4 Å². The molecular weight excluding hydrogens is 294 g/mol. The highest BCUT2D eigenvalue weighted by Gasteiger charge is 2.06. The summed E-state index contributed by atoms with van der Waals surface area (Å²) in [6.45, 7) is 0.681. The number of amides is 2. The molecule has 1 rings (SSSR count). The Morgan fingerprint density at radius 3 is 2.61 bits per heavy atom. The van der Waals surface area contributed by atoms with Crippen molar-refractivity contribution in [3.8, 4) is 5.75 Å². The lowest BCUT2D eigenvalue weighted by Crippen LogP contribution is -2.27. The SMILES string of the molecule is CN(C)C(=O)COc1cccc(NC(=O)CCCCCCN)c1. The summed E-state index contributed by atoms with van der Waals surface area (Å²) in [4.78, 5) is 24.8. The number of hydrogen-bond donors (Lipinski definition) is 2. The van der Waals surface area contributed by atoms with Crippen molar-refractivity contribution in [1.29, 1.82) is 0 Å². The highest BCUT2D eigenvalue weighted by molar-refractivity contribution is 5.90. The number of carbonyl (C=O) groups is 2. The van der Waals surface area contributed by atoms with Crippen molar-refractivity contribution >= 4 is 17.5 Å². The van der Waals surface area contributed by atoms with Crippen LogP contribution in [-0.4, -0.2) is 44.0 Å². The summed E-state index contributed by atoms with van der Waals surface area (Å²) < 4.78 is 5.42. The van der Waals surface area contributed by atoms with E-state index in [1.165, 1.54) is 4.90 Å². The molecule has 128 valence electrons. The van der Waals surface area contributed by atoms with Gasteiger partial charge in [-0.15, -0.1) is 0 Å². The first-order valence-electron chi connectivity index (χ1n) is 7.96. The maximum absolute atomic E-state index is 11.9. The second kappa shape index (κ2) is 10.6. The standard InChI is InChI=1S/C17H27N3O3/c1-20(2)17(22)13-23-15-9-7-8-14(12-15)19-16(21)10-5-3-4-6-11-18/h7-9,12H,3-6,10-11,13,18H2,1-2H3,(H,19,21). The number of likely N-dealkylation sites (N-methyl/N-ethyl adjacent to an activating group) is 1. The third-order valence-corrected chi connectivity index (χ3v) is 3.34. The maximum Gasteiger partial charge on any atom is 0.259 e. The van der Waals surface area contributed by atoms with Gasteiger partial charge in [0.05, 0.1) is 0 Å². The van der Waals surface area contributed by atoms with E-state index in [-0.39, 0.29) is 18.4 Å². The fourth-order valence-corrected chi connectivity index (χ4v) is 1.94. The van der Waals surface area contributed by atoms with Crippen LogP contribution in [0.1, 0.15) is 32.1 Å². The molecule has 0 atom stereocenters. The Hall–Kier alpha value is -2.08. The molecule has 0 unspecified atom stereocenters. The predicted octanol–water partition coefficient (Wildman–Crippen LogP) is 2.00. The summed E-state index contributed by atoms with van der Waals surface area (Å²) in [7, 11) is 3.35. The Labute approximate surface area is 138 Å². The van der Waals surface area contributed by atoms with Crippen LogP contribution in [0.15, 0.2) is 24.3 Å². The van der Waals surface area contributed by atoms with E-state index in [0.717, 1.165) is 25.7 Å². The van der Waals surface area contributed by atoms with Crippen LogP contribution in [0.25, 0.3) is 0 Å². The summed E-state index contributed by atoms with van der Waals surface area (Å²) >= 11 is 0. The quantitative estimate of drug-likeness (QED) is 0.646. The fourth-order valence-electron chi connectivity index (χ4n) is 1.94. The highest BCUT2D eigenvalue weighted by atomic mass is 16.5. The molecule has 0 aliphatic heterocycles. The number of rotatable bonds is 10. The van der Waals surface area contributed by atoms with Crippen molar-refractivity contribution in [2.75, 3.05) is 32.6 Å². The molecule has 0 aliphatic rings. The molecule has 2 amide bonds. The Bertz CT molecular complexity index is 504. The normalized spacial score (nSPS) is 10.2. The van der Waals surface area contributed by atoms with Crippen LogP contribution in [0.4, 0.5) is 5.69 Å². The zero-order valence-corrected chi connectivity index (χ0v) is 14.0. The van der Waals surface area contributed by atoms with Crippen molar-refractivity contribution in [3.63, 3.8) is 0 Å². The van der Waals surface area contributed by atoms with Gasteiger partial charge in [0.25, 0.3) is 5.91 Å². The van der Waals surface area contributed by atoms with E-state index in [2.05, 4.69) is 5.32 Å². The van der Waals surface area contributed by atoms with Gasteiger partial charge >= 0.3 is 0 Å². The average molecular weight is 321 g/mol. The lowest BCUT2D eigenvalue weighted by molar-refractivity contribution is -0.130. The Balaban J connectivity index is 2.38. The first-order chi connectivity index (χ1) is 11.0. The first kappa shape index (κ1) is 19.0. The van der Waals surface area contributed by atoms with Crippen LogP contribution in [0.3, 0.4) is 0 Å². The minimum absolute atomic E-state index is 0.0146. The van der Waals surface area contributed by atoms with Gasteiger partial charge in [0.1, 0.15) is 5.75 Å². The molecule has 0 fully saturated rings. The molecule has 6 nitrogen and oxygen atoms in total. The highest BCUT2D eigenvalue weighted by Crippen LogP contribution is 2.18. The lowest BCUT2D eigenvalue weighted by Gasteiger charge is -2.12. The third kappa shape index (κ3) is 8.21. The number of anilines is 1. The molecule has 3 N–H and O–H groups in total. The van der Waals surface area contributed by atoms with Crippen molar-refractivity contribution in [3.05, 3.63) is 24.3 Å². The molecule has 0 saturated carbocycles. The van der Waals surface area contributed by atoms with Gasteiger partial charge in [-0.1, -0.05) is 18.9 Å². The van der Waals surface area contributed by atoms with Crippen LogP contribution in [0.5, 0.6) is 5.75 Å². The zero-order chi connectivity index (χ0) is 17.1. The Kier molecular flexibility index (Phi) is 8.75. The average Bonchev–Trinajstić information content (AvgIpc) is 2.52. The minimum atomic E-state index is -0.114. The predicted molar refractivity (Wildman–Crippen MR) is 91.4 cm³/mol. The van der Waals surface area contributed by atoms with E-state index >= 15 is 0 Å². The van der Waals surface area contributed by atoms with Gasteiger partial charge in [0.2, 0.25) is 5.91 Å². The second-order valence-corrected chi connectivity index (χ2v) is 5.61. The topological polar surface area (TPSA) is 84.7 Å². The Morgan fingerprint density at radius 2 is 1.91 bits per heavy atom. The molecule has 0 radical (unpaired) electrons. The molecule has 0 heterocycles. The van der Waals surface area contributed by atoms with Crippen molar-refractivity contribution in [2.24, 2.45) is 5.73 Å². The van der Waals surface area contributed by atoms with Crippen LogP contribution in [0.2, 0.25) is 0 Å². The number of nitrogens with one attached hydrogen (secondary N) is 1. The van der Waals surface area contributed by atoms with Gasteiger partial charge in [-0.3, -0.25) is 9.59 Å². The van der Waals surface area contributed by atoms with Crippen LogP contribution >= 0.6 is 0 Å². The summed E-state index contributed by atoms with van der Waals surface area (Å²) in [5.74, 6) is 0.428. The molecule has 1 aromatic carbocycles. The summed E-state index contributed by atoms with van der Waals surface area (Å²) in [6, 6.07) is 7.06. The molecule has 0 bridgehead atoms. The number of benzene rings is 1. The van der Waals surface area contributed by atoms with Gasteiger partial charge in [0.15, 0.2) is 6.61 Å². The molecule has 6 heteroatoms. The fraction of sp³-hybridized carbons (Fsp3) is 0.529. The molecule has 1 aromatic rings. The van der Waals surface area contributed by atoms with Crippen molar-refractivity contribution in [2.45, 2.75) is 32.1 Å². The summed E-state index contributed by atoms with van der Waals surface area (Å²) in [6.07, 6.45) is 4.44. The largest absolute Gasteiger partial charge is 0.484 e. The molecular formula is C17H27N3O3. The molecule has 23 heavy (non-hydrogen) atoms. The minimum Gasteiger partial charge on any atom is -0.484 e. The molecule has 0 aromatic heterocycles. The van der Waals surface area contributed by atoms with Crippen LogP contribution in [0, 0.1) is 0 Å². The van der Waals surface area contributed by atoms with E-state index in [1.807, 2.05) is 0 Å². The number of nitrogens with zero attached hydrogens (tertiary/aromatic N) is 1. The monoisotopic (exact) mass is 321 g/mol. The van der Waals surface area contributed by atoms with E-state index < -0.39 is 0 Å². The second-order valence-electron chi connectivity index (χ2n) is 5.61. The van der Waals surface area contributed by atoms with Crippen LogP contribution < -0.4 is 15.8 Å². The number of nitrogens with two attached hydrogens (primary N) is 1. The molecule has 0 spiro atoms. The first-order valence-corrected chi connectivity index (χ1v) is 7.96. The smallest absolute Gasteiger partial charge is 0.259 e. The lowest BCUT2D eigenvalue weighted by atomic mass is 10.1. The third-order valence-electron chi connectivity index (χ3n) is 3.34. The van der Waals surface area contributed by atoms with Gasteiger partial charge in [-0.05, 0) is 31.5 Å². The summed E-state index contributed by atoms with van der Waals surface area (Å²) in [5.41, 5.74) is 6.10. The number of hydrogen-bond acceptors (Lipinski definition) is 4. The van der Waals surface area contributed by atoms with E-state index in [0.29, 0.717) is 24.4 Å². The van der Waals surface area contributed by atoms with Crippen LogP contribution in [-0.2, 0) is 9.59 Å². The van der Waals surface area contributed by atoms with Gasteiger partial charge < -0.3 is 20.7 Å². The summed E-state index contributed by atoms with van der Waals surface area (Å²) in [5, 5.41) is 2.84. The number of ether oxygens (including phenoxy) is 1. The molecule has 0 saturated heterocycles. The van der Waals surface area contributed by atoms with Gasteiger partial charge in [-0.2, -0.15) is 0 Å². The van der Waals surface area contributed by atoms with Crippen molar-refractivity contribution in [1.82, 2.24) is 4.90 Å².